The molecule has 0 unspecified atom stereocenters. The van der Waals surface area contributed by atoms with Gasteiger partial charge in [-0.1, -0.05) is 25.0 Å². The Morgan fingerprint density at radius 2 is 1.77 bits per heavy atom. The highest BCUT2D eigenvalue weighted by atomic mass is 16.4. The lowest BCUT2D eigenvalue weighted by molar-refractivity contribution is -0.121. The van der Waals surface area contributed by atoms with Crippen molar-refractivity contribution in [2.75, 3.05) is 13.1 Å². The summed E-state index contributed by atoms with van der Waals surface area (Å²) in [5.41, 5.74) is 6.79. The topological polar surface area (TPSA) is 137 Å². The Morgan fingerprint density at radius 1 is 1.00 bits per heavy atom. The van der Waals surface area contributed by atoms with E-state index in [1.54, 1.807) is 30.3 Å². The molecule has 0 fully saturated rings. The van der Waals surface area contributed by atoms with Gasteiger partial charge in [0.2, 0.25) is 5.91 Å². The van der Waals surface area contributed by atoms with E-state index in [-0.39, 0.29) is 29.3 Å². The van der Waals surface area contributed by atoms with Gasteiger partial charge >= 0.3 is 5.97 Å². The summed E-state index contributed by atoms with van der Waals surface area (Å²) in [7, 11) is 0. The second-order valence-corrected chi connectivity index (χ2v) is 6.89. The van der Waals surface area contributed by atoms with Crippen LogP contribution in [0.15, 0.2) is 52.7 Å². The van der Waals surface area contributed by atoms with Gasteiger partial charge in [-0.25, -0.2) is 4.79 Å². The Hall–Kier alpha value is -3.26. The van der Waals surface area contributed by atoms with Crippen molar-refractivity contribution >= 4 is 23.3 Å². The van der Waals surface area contributed by atoms with Crippen LogP contribution in [0, 0.1) is 0 Å². The molecule has 30 heavy (non-hydrogen) atoms. The van der Waals surface area contributed by atoms with Crippen molar-refractivity contribution in [3.8, 4) is 5.75 Å². The predicted molar refractivity (Wildman–Crippen MR) is 115 cm³/mol. The summed E-state index contributed by atoms with van der Waals surface area (Å²) in [4.78, 5) is 23.2. The van der Waals surface area contributed by atoms with Crippen LogP contribution >= 0.6 is 0 Å². The van der Waals surface area contributed by atoms with Crippen molar-refractivity contribution in [3.63, 3.8) is 0 Å². The van der Waals surface area contributed by atoms with Gasteiger partial charge in [-0.3, -0.25) is 4.79 Å². The molecule has 0 atom stereocenters. The highest BCUT2D eigenvalue weighted by Crippen LogP contribution is 2.27. The quantitative estimate of drug-likeness (QED) is 0.307. The van der Waals surface area contributed by atoms with Crippen molar-refractivity contribution in [2.45, 2.75) is 38.5 Å². The van der Waals surface area contributed by atoms with Gasteiger partial charge in [-0.05, 0) is 61.7 Å². The molecular weight excluding hydrogens is 384 g/mol. The van der Waals surface area contributed by atoms with Crippen LogP contribution in [-0.2, 0) is 11.2 Å². The largest absolute Gasteiger partial charge is 0.508 e. The maximum atomic E-state index is 12.0. The number of rotatable bonds is 12. The molecule has 8 heteroatoms. The van der Waals surface area contributed by atoms with Crippen LogP contribution in [0.5, 0.6) is 5.75 Å². The Bertz CT molecular complexity index is 883. The summed E-state index contributed by atoms with van der Waals surface area (Å²) in [5.74, 6) is -1.08. The number of carbonyl (C=O) groups is 2. The summed E-state index contributed by atoms with van der Waals surface area (Å²) in [6, 6.07) is 11.0. The van der Waals surface area contributed by atoms with Crippen molar-refractivity contribution in [3.05, 3.63) is 53.6 Å². The maximum Gasteiger partial charge on any atom is 0.337 e. The molecule has 0 saturated heterocycles. The lowest BCUT2D eigenvalue weighted by atomic mass is 10.1. The minimum Gasteiger partial charge on any atom is -0.508 e. The van der Waals surface area contributed by atoms with Gasteiger partial charge in [-0.15, -0.1) is 5.11 Å². The van der Waals surface area contributed by atoms with Gasteiger partial charge < -0.3 is 21.3 Å². The van der Waals surface area contributed by atoms with Gasteiger partial charge in [0.15, 0.2) is 0 Å². The number of carbonyl (C=O) groups excluding carboxylic acids is 1. The monoisotopic (exact) mass is 412 g/mol. The van der Waals surface area contributed by atoms with E-state index in [1.165, 1.54) is 12.1 Å². The fourth-order valence-electron chi connectivity index (χ4n) is 2.87. The van der Waals surface area contributed by atoms with Crippen LogP contribution in [0.4, 0.5) is 11.4 Å². The first-order chi connectivity index (χ1) is 14.5. The number of hydrogen-bond acceptors (Lipinski definition) is 6. The lowest BCUT2D eigenvalue weighted by Gasteiger charge is -2.07. The van der Waals surface area contributed by atoms with E-state index in [2.05, 4.69) is 15.5 Å². The number of amides is 1. The number of hydrogen-bond donors (Lipinski definition) is 4. The van der Waals surface area contributed by atoms with Crippen molar-refractivity contribution in [1.29, 1.82) is 0 Å². The molecule has 2 aromatic rings. The zero-order valence-electron chi connectivity index (χ0n) is 16.9. The molecule has 0 saturated carbocycles. The highest BCUT2D eigenvalue weighted by Gasteiger charge is 2.09. The van der Waals surface area contributed by atoms with E-state index in [9.17, 15) is 19.8 Å². The van der Waals surface area contributed by atoms with Crippen LogP contribution in [0.2, 0.25) is 0 Å². The van der Waals surface area contributed by atoms with Gasteiger partial charge in [0.25, 0.3) is 0 Å². The molecule has 0 aliphatic rings. The summed E-state index contributed by atoms with van der Waals surface area (Å²) in [5, 5.41) is 30.2. The third-order valence-corrected chi connectivity index (χ3v) is 4.55. The Kier molecular flexibility index (Phi) is 9.47. The van der Waals surface area contributed by atoms with Crippen LogP contribution in [0.3, 0.4) is 0 Å². The van der Waals surface area contributed by atoms with Gasteiger partial charge in [0.05, 0.1) is 11.3 Å². The molecule has 160 valence electrons. The van der Waals surface area contributed by atoms with Crippen molar-refractivity contribution in [1.82, 2.24) is 5.32 Å². The molecule has 0 aliphatic heterocycles. The molecule has 8 nitrogen and oxygen atoms in total. The number of phenols is 1. The number of aromatic carboxylic acids is 1. The average molecular weight is 412 g/mol. The number of aryl methyl sites for hydroxylation is 1. The first kappa shape index (κ1) is 23.0. The molecule has 0 heterocycles. The molecule has 0 bridgehead atoms. The lowest BCUT2D eigenvalue weighted by Crippen LogP contribution is -2.24. The Morgan fingerprint density at radius 3 is 2.53 bits per heavy atom. The molecule has 1 amide bonds. The Balaban J connectivity index is 1.91. The maximum absolute atomic E-state index is 12.0. The fourth-order valence-corrected chi connectivity index (χ4v) is 2.87. The number of azo groups is 1. The SMILES string of the molecule is NCCCCCCNC(=O)CCc1cc(N=Nc2ccccc2C(=O)O)ccc1O. The van der Waals surface area contributed by atoms with Crippen molar-refractivity contribution in [2.24, 2.45) is 16.0 Å². The van der Waals surface area contributed by atoms with E-state index < -0.39 is 5.97 Å². The van der Waals surface area contributed by atoms with Gasteiger partial charge in [-0.2, -0.15) is 5.11 Å². The van der Waals surface area contributed by atoms with Crippen LogP contribution in [-0.4, -0.2) is 35.2 Å². The predicted octanol–water partition coefficient (Wildman–Crippen LogP) is 4.07. The standard InChI is InChI=1S/C22H28N4O4/c23-13-5-1-2-6-14-24-21(28)12-9-16-15-17(10-11-20(16)27)25-26-19-8-4-3-7-18(19)22(29)30/h3-4,7-8,10-11,15,27H,1-2,5-6,9,12-14,23H2,(H,24,28)(H,29,30). The number of phenolic OH excluding ortho intramolecular Hbond substituents is 1. The summed E-state index contributed by atoms with van der Waals surface area (Å²) < 4.78 is 0. The van der Waals surface area contributed by atoms with E-state index in [0.717, 1.165) is 25.7 Å². The third-order valence-electron chi connectivity index (χ3n) is 4.55. The van der Waals surface area contributed by atoms with Gasteiger partial charge in [0.1, 0.15) is 11.4 Å². The summed E-state index contributed by atoms with van der Waals surface area (Å²) in [6.45, 7) is 1.33. The molecule has 2 aromatic carbocycles. The molecular formula is C22H28N4O4. The third kappa shape index (κ3) is 7.63. The average Bonchev–Trinajstić information content (AvgIpc) is 2.74. The number of carboxylic acids is 1. The summed E-state index contributed by atoms with van der Waals surface area (Å²) in [6.07, 6.45) is 4.64. The first-order valence-corrected chi connectivity index (χ1v) is 10.0. The molecule has 0 aromatic heterocycles. The first-order valence-electron chi connectivity index (χ1n) is 10.0. The minimum absolute atomic E-state index is 0.0555. The number of aromatic hydroxyl groups is 1. The number of benzene rings is 2. The number of nitrogens with one attached hydrogen (secondary N) is 1. The van der Waals surface area contributed by atoms with Crippen LogP contribution in [0.1, 0.15) is 48.0 Å². The van der Waals surface area contributed by atoms with Crippen molar-refractivity contribution < 1.29 is 19.8 Å². The zero-order valence-corrected chi connectivity index (χ0v) is 16.9. The van der Waals surface area contributed by atoms with E-state index >= 15 is 0 Å². The Labute approximate surface area is 175 Å². The fraction of sp³-hybridized carbons (Fsp3) is 0.364. The van der Waals surface area contributed by atoms with E-state index in [0.29, 0.717) is 30.8 Å². The van der Waals surface area contributed by atoms with E-state index in [4.69, 9.17) is 5.73 Å². The number of carboxylic acid groups (broad SMARTS) is 1. The number of unbranched alkanes of at least 4 members (excludes halogenated alkanes) is 3. The summed E-state index contributed by atoms with van der Waals surface area (Å²) >= 11 is 0. The van der Waals surface area contributed by atoms with Crippen LogP contribution < -0.4 is 11.1 Å². The minimum atomic E-state index is -1.08. The molecule has 0 aliphatic carbocycles. The second-order valence-electron chi connectivity index (χ2n) is 6.89. The smallest absolute Gasteiger partial charge is 0.337 e. The zero-order chi connectivity index (χ0) is 21.8. The molecule has 2 rings (SSSR count). The molecule has 5 N–H and O–H groups in total. The normalized spacial score (nSPS) is 11.0. The highest BCUT2D eigenvalue weighted by molar-refractivity contribution is 5.93. The number of nitrogens with two attached hydrogens (primary N) is 1. The van der Waals surface area contributed by atoms with Crippen LogP contribution in [0.25, 0.3) is 0 Å². The molecule has 0 radical (unpaired) electrons. The second kappa shape index (κ2) is 12.3. The van der Waals surface area contributed by atoms with Gasteiger partial charge in [0, 0.05) is 13.0 Å². The number of nitrogens with zero attached hydrogens (tertiary/aromatic N) is 2. The molecule has 0 spiro atoms. The van der Waals surface area contributed by atoms with E-state index in [1.807, 2.05) is 0 Å².